The van der Waals surface area contributed by atoms with Gasteiger partial charge in [0.2, 0.25) is 0 Å². The molecule has 0 bridgehead atoms. The van der Waals surface area contributed by atoms with E-state index in [9.17, 15) is 0 Å². The van der Waals surface area contributed by atoms with E-state index in [-0.39, 0.29) is 0 Å². The van der Waals surface area contributed by atoms with Crippen molar-refractivity contribution in [3.63, 3.8) is 0 Å². The van der Waals surface area contributed by atoms with Crippen LogP contribution in [0.25, 0.3) is 0 Å². The van der Waals surface area contributed by atoms with Crippen molar-refractivity contribution in [3.8, 4) is 0 Å². The molecule has 1 heteroatoms. The summed E-state index contributed by atoms with van der Waals surface area (Å²) in [6.45, 7) is 9.45. The molecule has 0 aromatic carbocycles. The van der Waals surface area contributed by atoms with Gasteiger partial charge in [0.15, 0.2) is 0 Å². The van der Waals surface area contributed by atoms with Crippen LogP contribution in [0.3, 0.4) is 0 Å². The summed E-state index contributed by atoms with van der Waals surface area (Å²) in [7, 11) is -0.677. The highest BCUT2D eigenvalue weighted by Crippen LogP contribution is 2.61. The van der Waals surface area contributed by atoms with Crippen LogP contribution in [0.2, 0.25) is 0 Å². The summed E-state index contributed by atoms with van der Waals surface area (Å²) in [5, 5.41) is 0. The van der Waals surface area contributed by atoms with Crippen LogP contribution >= 0.6 is 7.26 Å². The van der Waals surface area contributed by atoms with Crippen LogP contribution in [-0.4, -0.2) is 24.6 Å². The van der Waals surface area contributed by atoms with E-state index >= 15 is 0 Å². The molecule has 0 atom stereocenters. The van der Waals surface area contributed by atoms with Gasteiger partial charge in [-0.3, -0.25) is 0 Å². The van der Waals surface area contributed by atoms with Crippen molar-refractivity contribution >= 4 is 7.26 Å². The SMILES string of the molecule is CCCCCCCCCCCCCCCCCCCC[P+](CCCCC)(CCCCC)CCCCC. The highest BCUT2D eigenvalue weighted by Gasteiger charge is 2.34. The second-order valence-electron chi connectivity index (χ2n) is 12.4. The average Bonchev–Trinajstić information content (AvgIpc) is 2.88. The molecule has 36 heavy (non-hydrogen) atoms. The molecule has 0 unspecified atom stereocenters. The zero-order chi connectivity index (χ0) is 26.4. The summed E-state index contributed by atoms with van der Waals surface area (Å²) in [6.07, 6.45) is 46.5. The lowest BCUT2D eigenvalue weighted by Gasteiger charge is -2.28. The maximum atomic E-state index is 2.38. The van der Waals surface area contributed by atoms with Crippen molar-refractivity contribution in [2.24, 2.45) is 0 Å². The maximum Gasteiger partial charge on any atom is 0.0594 e. The van der Waals surface area contributed by atoms with E-state index in [1.165, 1.54) is 167 Å². The van der Waals surface area contributed by atoms with E-state index in [0.29, 0.717) is 0 Å². The molecule has 0 saturated heterocycles. The van der Waals surface area contributed by atoms with Crippen molar-refractivity contribution in [1.29, 1.82) is 0 Å². The molecule has 0 nitrogen and oxygen atoms in total. The molecule has 0 saturated carbocycles. The Morgan fingerprint density at radius 2 is 0.389 bits per heavy atom. The Bertz CT molecular complexity index is 364. The lowest BCUT2D eigenvalue weighted by molar-refractivity contribution is 0.526. The van der Waals surface area contributed by atoms with E-state index in [1.807, 2.05) is 0 Å². The smallest absolute Gasteiger partial charge is 0.0594 e. The summed E-state index contributed by atoms with van der Waals surface area (Å²) in [4.78, 5) is 0. The number of unbranched alkanes of at least 4 members (excludes halogenated alkanes) is 23. The Labute approximate surface area is 232 Å². The first-order valence-corrected chi connectivity index (χ1v) is 20.1. The van der Waals surface area contributed by atoms with E-state index in [2.05, 4.69) is 27.7 Å². The van der Waals surface area contributed by atoms with E-state index in [4.69, 9.17) is 0 Å². The van der Waals surface area contributed by atoms with Gasteiger partial charge < -0.3 is 0 Å². The highest BCUT2D eigenvalue weighted by molar-refractivity contribution is 7.75. The lowest BCUT2D eigenvalue weighted by Crippen LogP contribution is -2.13. The van der Waals surface area contributed by atoms with Crippen LogP contribution in [0.1, 0.15) is 201 Å². The molecule has 0 aliphatic rings. The largest absolute Gasteiger partial charge is 0.0654 e. The van der Waals surface area contributed by atoms with E-state index < -0.39 is 7.26 Å². The predicted octanol–water partition coefficient (Wildman–Crippen LogP) is 13.6. The molecule has 0 aliphatic carbocycles. The zero-order valence-electron chi connectivity index (χ0n) is 26.4. The van der Waals surface area contributed by atoms with E-state index in [0.717, 1.165) is 0 Å². The first-order valence-electron chi connectivity index (χ1n) is 17.6. The van der Waals surface area contributed by atoms with Gasteiger partial charge >= 0.3 is 0 Å². The fourth-order valence-electron chi connectivity index (χ4n) is 6.11. The number of hydrogen-bond acceptors (Lipinski definition) is 0. The monoisotopic (exact) mass is 526 g/mol. The van der Waals surface area contributed by atoms with Gasteiger partial charge in [-0.1, -0.05) is 169 Å². The third kappa shape index (κ3) is 24.7. The molecular formula is C35H74P+. The summed E-state index contributed by atoms with van der Waals surface area (Å²) in [5.41, 5.74) is 0. The Morgan fingerprint density at radius 3 is 0.639 bits per heavy atom. The average molecular weight is 526 g/mol. The molecule has 0 aromatic rings. The standard InChI is InChI=1S/C35H74P/c1-5-9-13-14-15-16-17-18-19-20-21-22-23-24-25-26-27-31-35-36(32-28-10-6-2,33-29-11-7-3)34-30-12-8-4/h5-35H2,1-4H3/q+1. The minimum Gasteiger partial charge on any atom is -0.0654 e. The normalized spacial score (nSPS) is 12.0. The maximum absolute atomic E-state index is 2.38. The first kappa shape index (κ1) is 36.4. The van der Waals surface area contributed by atoms with Gasteiger partial charge in [-0.2, -0.15) is 0 Å². The van der Waals surface area contributed by atoms with Crippen LogP contribution < -0.4 is 0 Å². The van der Waals surface area contributed by atoms with Crippen molar-refractivity contribution in [2.75, 3.05) is 24.6 Å². The van der Waals surface area contributed by atoms with Crippen molar-refractivity contribution in [1.82, 2.24) is 0 Å². The zero-order valence-corrected chi connectivity index (χ0v) is 27.3. The van der Waals surface area contributed by atoms with Crippen LogP contribution in [-0.2, 0) is 0 Å². The Hall–Kier alpha value is 0.430. The van der Waals surface area contributed by atoms with Gasteiger partial charge in [0.25, 0.3) is 0 Å². The molecule has 0 aliphatic heterocycles. The molecule has 0 amide bonds. The molecule has 0 aromatic heterocycles. The van der Waals surface area contributed by atoms with Crippen molar-refractivity contribution in [3.05, 3.63) is 0 Å². The first-order chi connectivity index (χ1) is 17.7. The number of hydrogen-bond donors (Lipinski definition) is 0. The molecule has 0 heterocycles. The third-order valence-corrected chi connectivity index (χ3v) is 13.8. The minimum absolute atomic E-state index is 0.677. The molecule has 0 radical (unpaired) electrons. The molecule has 0 spiro atoms. The van der Waals surface area contributed by atoms with Gasteiger partial charge in [-0.25, -0.2) is 0 Å². The Morgan fingerprint density at radius 1 is 0.222 bits per heavy atom. The van der Waals surface area contributed by atoms with Crippen LogP contribution in [0.5, 0.6) is 0 Å². The summed E-state index contributed by atoms with van der Waals surface area (Å²) < 4.78 is 0. The van der Waals surface area contributed by atoms with Crippen LogP contribution in [0.4, 0.5) is 0 Å². The second kappa shape index (κ2) is 30.0. The van der Waals surface area contributed by atoms with Crippen molar-refractivity contribution in [2.45, 2.75) is 201 Å². The predicted molar refractivity (Wildman–Crippen MR) is 174 cm³/mol. The Kier molecular flexibility index (Phi) is 30.3. The quantitative estimate of drug-likeness (QED) is 0.0623. The second-order valence-corrected chi connectivity index (χ2v) is 16.8. The van der Waals surface area contributed by atoms with Gasteiger partial charge in [-0.15, -0.1) is 0 Å². The third-order valence-electron chi connectivity index (χ3n) is 8.69. The van der Waals surface area contributed by atoms with Gasteiger partial charge in [0, 0.05) is 7.26 Å². The molecule has 218 valence electrons. The summed E-state index contributed by atoms with van der Waals surface area (Å²) in [5.74, 6) is 0. The fraction of sp³-hybridized carbons (Fsp3) is 1.00. The number of rotatable bonds is 31. The van der Waals surface area contributed by atoms with E-state index in [1.54, 1.807) is 31.1 Å². The van der Waals surface area contributed by atoms with Crippen LogP contribution in [0, 0.1) is 0 Å². The summed E-state index contributed by atoms with van der Waals surface area (Å²) in [6, 6.07) is 0. The Balaban J connectivity index is 3.85. The highest BCUT2D eigenvalue weighted by atomic mass is 31.2. The summed E-state index contributed by atoms with van der Waals surface area (Å²) >= 11 is 0. The molecule has 0 rings (SSSR count). The van der Waals surface area contributed by atoms with Crippen molar-refractivity contribution < 1.29 is 0 Å². The van der Waals surface area contributed by atoms with Gasteiger partial charge in [0.05, 0.1) is 24.6 Å². The topological polar surface area (TPSA) is 0 Å². The fourth-order valence-corrected chi connectivity index (χ4v) is 11.0. The lowest BCUT2D eigenvalue weighted by atomic mass is 10.0. The minimum atomic E-state index is -0.677. The van der Waals surface area contributed by atoms with Gasteiger partial charge in [0.1, 0.15) is 0 Å². The molecule has 0 fully saturated rings. The van der Waals surface area contributed by atoms with Crippen LogP contribution in [0.15, 0.2) is 0 Å². The molecular weight excluding hydrogens is 451 g/mol. The van der Waals surface area contributed by atoms with Gasteiger partial charge in [-0.05, 0) is 32.1 Å². The molecule has 0 N–H and O–H groups in total.